The highest BCUT2D eigenvalue weighted by molar-refractivity contribution is 6.33. The van der Waals surface area contributed by atoms with Gasteiger partial charge in [-0.1, -0.05) is 36.5 Å². The molecule has 0 spiro atoms. The third kappa shape index (κ3) is 4.32. The number of halogens is 2. The Hall–Kier alpha value is -0.240. The lowest BCUT2D eigenvalue weighted by atomic mass is 9.95. The molecule has 0 aliphatic heterocycles. The van der Waals surface area contributed by atoms with E-state index in [0.29, 0.717) is 5.92 Å². The lowest BCUT2D eigenvalue weighted by Crippen LogP contribution is -2.20. The maximum Gasteiger partial charge on any atom is 0.0439 e. The fraction of sp³-hybridized carbons (Fsp3) is 0.538. The van der Waals surface area contributed by atoms with Crippen molar-refractivity contribution in [2.24, 2.45) is 5.92 Å². The number of hydrogen-bond donors (Lipinski definition) is 1. The average molecular weight is 260 g/mol. The Balaban J connectivity index is 2.71. The predicted octanol–water partition coefficient (Wildman–Crippen LogP) is 4.17. The van der Waals surface area contributed by atoms with Crippen LogP contribution in [0.3, 0.4) is 0 Å². The van der Waals surface area contributed by atoms with Crippen LogP contribution in [0.5, 0.6) is 0 Å². The summed E-state index contributed by atoms with van der Waals surface area (Å²) in [4.78, 5) is 0. The highest BCUT2D eigenvalue weighted by Gasteiger charge is 2.10. The van der Waals surface area contributed by atoms with Crippen LogP contribution < -0.4 is 5.32 Å². The minimum absolute atomic E-state index is 0.631. The molecule has 0 bridgehead atoms. The molecule has 0 aliphatic carbocycles. The van der Waals surface area contributed by atoms with Crippen LogP contribution in [0.1, 0.15) is 25.3 Å². The molecule has 0 radical (unpaired) electrons. The van der Waals surface area contributed by atoms with Gasteiger partial charge < -0.3 is 5.32 Å². The van der Waals surface area contributed by atoms with Crippen molar-refractivity contribution in [1.29, 1.82) is 0 Å². The van der Waals surface area contributed by atoms with Gasteiger partial charge in [-0.2, -0.15) is 0 Å². The van der Waals surface area contributed by atoms with E-state index in [1.54, 1.807) is 0 Å². The second-order valence-corrected chi connectivity index (χ2v) is 5.00. The van der Waals surface area contributed by atoms with Gasteiger partial charge in [0, 0.05) is 10.0 Å². The van der Waals surface area contributed by atoms with E-state index in [1.165, 1.54) is 12.8 Å². The Labute approximate surface area is 108 Å². The monoisotopic (exact) mass is 259 g/mol. The van der Waals surface area contributed by atoms with Gasteiger partial charge in [0.05, 0.1) is 0 Å². The fourth-order valence-corrected chi connectivity index (χ4v) is 2.37. The first-order valence-corrected chi connectivity index (χ1v) is 6.51. The third-order valence-corrected chi connectivity index (χ3v) is 3.31. The quantitative estimate of drug-likeness (QED) is 0.809. The van der Waals surface area contributed by atoms with E-state index in [1.807, 2.05) is 25.2 Å². The van der Waals surface area contributed by atoms with Gasteiger partial charge >= 0.3 is 0 Å². The van der Waals surface area contributed by atoms with Gasteiger partial charge in [-0.15, -0.1) is 0 Å². The number of benzene rings is 1. The zero-order valence-electron chi connectivity index (χ0n) is 9.89. The molecular formula is C13H19Cl2N. The molecular weight excluding hydrogens is 241 g/mol. The van der Waals surface area contributed by atoms with Crippen LogP contribution in [0.2, 0.25) is 10.0 Å². The smallest absolute Gasteiger partial charge is 0.0439 e. The molecule has 0 heterocycles. The highest BCUT2D eigenvalue weighted by atomic mass is 35.5. The SMILES string of the molecule is CCCC(CNC)Cc1cc(Cl)ccc1Cl. The molecule has 0 aliphatic rings. The number of hydrogen-bond acceptors (Lipinski definition) is 1. The van der Waals surface area contributed by atoms with Crippen LogP contribution in [0.15, 0.2) is 18.2 Å². The van der Waals surface area contributed by atoms with Crippen molar-refractivity contribution >= 4 is 23.2 Å². The Morgan fingerprint density at radius 1 is 1.31 bits per heavy atom. The molecule has 0 saturated heterocycles. The lowest BCUT2D eigenvalue weighted by molar-refractivity contribution is 0.456. The maximum atomic E-state index is 6.16. The Kier molecular flexibility index (Phi) is 6.18. The van der Waals surface area contributed by atoms with E-state index in [0.717, 1.165) is 28.6 Å². The minimum atomic E-state index is 0.631. The summed E-state index contributed by atoms with van der Waals surface area (Å²) in [6, 6.07) is 5.68. The van der Waals surface area contributed by atoms with Crippen molar-refractivity contribution < 1.29 is 0 Å². The zero-order valence-corrected chi connectivity index (χ0v) is 11.4. The second kappa shape index (κ2) is 7.16. The molecule has 0 saturated carbocycles. The lowest BCUT2D eigenvalue weighted by Gasteiger charge is -2.16. The van der Waals surface area contributed by atoms with Crippen molar-refractivity contribution in [1.82, 2.24) is 5.32 Å². The molecule has 1 unspecified atom stereocenters. The maximum absolute atomic E-state index is 6.16. The molecule has 1 aromatic rings. The average Bonchev–Trinajstić information content (AvgIpc) is 2.24. The van der Waals surface area contributed by atoms with E-state index in [2.05, 4.69) is 12.2 Å². The summed E-state index contributed by atoms with van der Waals surface area (Å²) >= 11 is 12.1. The molecule has 0 fully saturated rings. The summed E-state index contributed by atoms with van der Waals surface area (Å²) in [6.07, 6.45) is 3.41. The molecule has 90 valence electrons. The Morgan fingerprint density at radius 2 is 2.06 bits per heavy atom. The van der Waals surface area contributed by atoms with Crippen molar-refractivity contribution in [3.05, 3.63) is 33.8 Å². The fourth-order valence-electron chi connectivity index (χ4n) is 1.98. The highest BCUT2D eigenvalue weighted by Crippen LogP contribution is 2.24. The Bertz CT molecular complexity index is 320. The van der Waals surface area contributed by atoms with Gasteiger partial charge in [-0.05, 0) is 56.1 Å². The number of nitrogens with one attached hydrogen (secondary N) is 1. The van der Waals surface area contributed by atoms with Gasteiger partial charge in [0.2, 0.25) is 0 Å². The summed E-state index contributed by atoms with van der Waals surface area (Å²) in [6.45, 7) is 3.24. The van der Waals surface area contributed by atoms with Gasteiger partial charge in [-0.25, -0.2) is 0 Å². The van der Waals surface area contributed by atoms with Crippen LogP contribution in [-0.4, -0.2) is 13.6 Å². The van der Waals surface area contributed by atoms with Crippen LogP contribution in [-0.2, 0) is 6.42 Å². The first-order chi connectivity index (χ1) is 7.67. The van der Waals surface area contributed by atoms with Crippen molar-refractivity contribution in [3.8, 4) is 0 Å². The molecule has 3 heteroatoms. The largest absolute Gasteiger partial charge is 0.319 e. The number of rotatable bonds is 6. The standard InChI is InChI=1S/C13H19Cl2N/c1-3-4-10(9-16-2)7-11-8-12(14)5-6-13(11)15/h5-6,8,10,16H,3-4,7,9H2,1-2H3. The summed E-state index contributed by atoms with van der Waals surface area (Å²) in [7, 11) is 1.99. The van der Waals surface area contributed by atoms with E-state index in [-0.39, 0.29) is 0 Å². The second-order valence-electron chi connectivity index (χ2n) is 4.15. The topological polar surface area (TPSA) is 12.0 Å². The zero-order chi connectivity index (χ0) is 12.0. The Morgan fingerprint density at radius 3 is 2.69 bits per heavy atom. The van der Waals surface area contributed by atoms with E-state index in [4.69, 9.17) is 23.2 Å². The summed E-state index contributed by atoms with van der Waals surface area (Å²) in [5, 5.41) is 4.81. The van der Waals surface area contributed by atoms with E-state index < -0.39 is 0 Å². The van der Waals surface area contributed by atoms with Gasteiger partial charge in [0.25, 0.3) is 0 Å². The molecule has 0 aromatic heterocycles. The molecule has 16 heavy (non-hydrogen) atoms. The third-order valence-electron chi connectivity index (χ3n) is 2.71. The summed E-state index contributed by atoms with van der Waals surface area (Å²) < 4.78 is 0. The van der Waals surface area contributed by atoms with Crippen LogP contribution in [0.4, 0.5) is 0 Å². The molecule has 1 nitrogen and oxygen atoms in total. The predicted molar refractivity (Wildman–Crippen MR) is 72.5 cm³/mol. The van der Waals surface area contributed by atoms with Gasteiger partial charge in [0.15, 0.2) is 0 Å². The first kappa shape index (κ1) is 13.8. The van der Waals surface area contributed by atoms with Crippen molar-refractivity contribution in [3.63, 3.8) is 0 Å². The van der Waals surface area contributed by atoms with Crippen LogP contribution in [0.25, 0.3) is 0 Å². The molecule has 1 atom stereocenters. The summed E-state index contributed by atoms with van der Waals surface area (Å²) in [5.74, 6) is 0.631. The van der Waals surface area contributed by atoms with Crippen LogP contribution >= 0.6 is 23.2 Å². The van der Waals surface area contributed by atoms with E-state index in [9.17, 15) is 0 Å². The first-order valence-electron chi connectivity index (χ1n) is 5.75. The van der Waals surface area contributed by atoms with Gasteiger partial charge in [-0.3, -0.25) is 0 Å². The normalized spacial score (nSPS) is 12.8. The van der Waals surface area contributed by atoms with Crippen LogP contribution in [0, 0.1) is 5.92 Å². The van der Waals surface area contributed by atoms with Crippen molar-refractivity contribution in [2.75, 3.05) is 13.6 Å². The van der Waals surface area contributed by atoms with E-state index >= 15 is 0 Å². The molecule has 1 N–H and O–H groups in total. The molecule has 1 aromatic carbocycles. The molecule has 0 amide bonds. The van der Waals surface area contributed by atoms with Gasteiger partial charge in [0.1, 0.15) is 0 Å². The summed E-state index contributed by atoms with van der Waals surface area (Å²) in [5.41, 5.74) is 1.16. The minimum Gasteiger partial charge on any atom is -0.319 e. The molecule has 1 rings (SSSR count). The van der Waals surface area contributed by atoms with Crippen molar-refractivity contribution in [2.45, 2.75) is 26.2 Å².